The van der Waals surface area contributed by atoms with Crippen LogP contribution in [0, 0.1) is 0 Å². The van der Waals surface area contributed by atoms with Crippen LogP contribution in [0.4, 0.5) is 0 Å². The van der Waals surface area contributed by atoms with Gasteiger partial charge in [0.1, 0.15) is 5.82 Å². The van der Waals surface area contributed by atoms with Crippen LogP contribution >= 0.6 is 6.89 Å². The number of imidazole rings is 1. The van der Waals surface area contributed by atoms with Crippen LogP contribution in [0.3, 0.4) is 0 Å². The van der Waals surface area contributed by atoms with Gasteiger partial charge >= 0.3 is 0 Å². The minimum atomic E-state index is -1.07. The third kappa shape index (κ3) is 5.21. The highest BCUT2D eigenvalue weighted by atomic mass is 31.2. The average molecular weight is 333 g/mol. The molecule has 0 atom stereocenters. The smallest absolute Gasteiger partial charge is 0.178 e. The summed E-state index contributed by atoms with van der Waals surface area (Å²) in [6.07, 6.45) is 13.9. The molecule has 2 aromatic rings. The van der Waals surface area contributed by atoms with E-state index in [1.54, 1.807) is 0 Å². The van der Waals surface area contributed by atoms with Crippen LogP contribution in [-0.4, -0.2) is 39.2 Å². The van der Waals surface area contributed by atoms with Crippen LogP contribution in [0.2, 0.25) is 0 Å². The van der Waals surface area contributed by atoms with E-state index in [4.69, 9.17) is 4.98 Å². The highest BCUT2D eigenvalue weighted by molar-refractivity contribution is 7.75. The van der Waals surface area contributed by atoms with E-state index in [0.29, 0.717) is 0 Å². The van der Waals surface area contributed by atoms with Crippen molar-refractivity contribution in [2.75, 3.05) is 18.5 Å². The molecule has 0 fully saturated rings. The van der Waals surface area contributed by atoms with Crippen LogP contribution < -0.4 is 0 Å². The molecular weight excluding hydrogens is 301 g/mol. The van der Waals surface area contributed by atoms with E-state index in [1.807, 2.05) is 12.3 Å². The molecule has 23 heavy (non-hydrogen) atoms. The van der Waals surface area contributed by atoms with Crippen LogP contribution in [-0.2, 0) is 0 Å². The number of rotatable bonds is 10. The number of H-pyrrole nitrogens is 1. The van der Waals surface area contributed by atoms with Gasteiger partial charge in [-0.15, -0.1) is 6.89 Å². The van der Waals surface area contributed by atoms with Gasteiger partial charge in [0.15, 0.2) is 5.65 Å². The van der Waals surface area contributed by atoms with E-state index in [-0.39, 0.29) is 0 Å². The molecule has 2 aromatic heterocycles. The first-order chi connectivity index (χ1) is 11.2. The van der Waals surface area contributed by atoms with Crippen LogP contribution in [0.1, 0.15) is 65.1 Å². The molecule has 0 aliphatic rings. The molecule has 0 radical (unpaired) electrons. The van der Waals surface area contributed by atoms with Gasteiger partial charge in [-0.2, -0.15) is 0 Å². The lowest BCUT2D eigenvalue weighted by Crippen LogP contribution is -2.06. The van der Waals surface area contributed by atoms with Crippen LogP contribution in [0.15, 0.2) is 18.3 Å². The molecule has 1 N–H and O–H groups in total. The molecule has 128 valence electrons. The minimum absolute atomic E-state index is 0.846. The zero-order chi connectivity index (χ0) is 16.5. The van der Waals surface area contributed by atoms with E-state index in [9.17, 15) is 0 Å². The third-order valence-corrected chi connectivity index (χ3v) is 8.96. The van der Waals surface area contributed by atoms with Gasteiger partial charge in [0.05, 0.1) is 5.52 Å². The van der Waals surface area contributed by atoms with Crippen LogP contribution in [0.5, 0.6) is 0 Å². The lowest BCUT2D eigenvalue weighted by molar-refractivity contribution is 0.845. The summed E-state index contributed by atoms with van der Waals surface area (Å²) >= 11 is 0. The Labute approximate surface area is 141 Å². The van der Waals surface area contributed by atoms with Gasteiger partial charge in [0.2, 0.25) is 0 Å². The Hall–Kier alpha value is -1.08. The maximum atomic E-state index is 4.73. The summed E-state index contributed by atoms with van der Waals surface area (Å²) in [5.41, 5.74) is 1.90. The predicted molar refractivity (Wildman–Crippen MR) is 105 cm³/mol. The van der Waals surface area contributed by atoms with Crippen molar-refractivity contribution >= 4 is 23.8 Å². The number of pyridine rings is 1. The zero-order valence-corrected chi connectivity index (χ0v) is 15.9. The van der Waals surface area contributed by atoms with Gasteiger partial charge in [0, 0.05) is 6.20 Å². The number of nitrogens with one attached hydrogen (secondary N) is 1. The van der Waals surface area contributed by atoms with E-state index < -0.39 is 6.89 Å². The lowest BCUT2D eigenvalue weighted by Gasteiger charge is -2.26. The minimum Gasteiger partial charge on any atom is -0.337 e. The van der Waals surface area contributed by atoms with E-state index >= 15 is 0 Å². The fraction of sp³-hybridized carbons (Fsp3) is 0.632. The molecular formula is C19H32N3P. The van der Waals surface area contributed by atoms with Crippen molar-refractivity contribution in [1.82, 2.24) is 15.0 Å². The molecule has 0 saturated heterocycles. The molecule has 0 aromatic carbocycles. The molecule has 0 saturated carbocycles. The van der Waals surface area contributed by atoms with E-state index in [0.717, 1.165) is 17.0 Å². The largest absolute Gasteiger partial charge is 0.337 e. The molecule has 0 unspecified atom stereocenters. The standard InChI is InChI=1S/C19H32N3P/c1-4-7-13-23(14-8-5-2,15-9-6-3)16-18-21-17-11-10-12-20-19(17)22-18/h10-12,16H,4-9,13-15H2,1-3H3,(H,20,21,22). The van der Waals surface area contributed by atoms with Crippen molar-refractivity contribution in [1.29, 1.82) is 0 Å². The average Bonchev–Trinajstić information content (AvgIpc) is 2.98. The molecule has 0 bridgehead atoms. The van der Waals surface area contributed by atoms with Crippen molar-refractivity contribution in [2.45, 2.75) is 59.3 Å². The highest BCUT2D eigenvalue weighted by Gasteiger charge is 2.17. The van der Waals surface area contributed by atoms with Crippen molar-refractivity contribution in [3.63, 3.8) is 0 Å². The van der Waals surface area contributed by atoms with Gasteiger partial charge in [-0.05, 0) is 55.7 Å². The second-order valence-electron chi connectivity index (χ2n) is 6.58. The van der Waals surface area contributed by atoms with Crippen LogP contribution in [0.25, 0.3) is 11.2 Å². The summed E-state index contributed by atoms with van der Waals surface area (Å²) in [6.45, 7) is 5.85. The van der Waals surface area contributed by atoms with Crippen molar-refractivity contribution in [3.05, 3.63) is 24.2 Å². The molecule has 4 heteroatoms. The van der Waals surface area contributed by atoms with Gasteiger partial charge < -0.3 is 4.98 Å². The van der Waals surface area contributed by atoms with E-state index in [1.165, 1.54) is 57.0 Å². The fourth-order valence-electron chi connectivity index (χ4n) is 3.13. The Morgan fingerprint density at radius 3 is 2.13 bits per heavy atom. The molecule has 3 nitrogen and oxygen atoms in total. The second kappa shape index (κ2) is 9.27. The molecule has 2 heterocycles. The Morgan fingerprint density at radius 1 is 1.00 bits per heavy atom. The first-order valence-electron chi connectivity index (χ1n) is 9.25. The number of aromatic amines is 1. The fourth-order valence-corrected chi connectivity index (χ4v) is 7.67. The summed E-state index contributed by atoms with van der Waals surface area (Å²) in [5.74, 6) is 3.59. The van der Waals surface area contributed by atoms with Gasteiger partial charge in [-0.3, -0.25) is 0 Å². The second-order valence-corrected chi connectivity index (χ2v) is 10.6. The zero-order valence-electron chi connectivity index (χ0n) is 15.0. The number of nitrogens with zero attached hydrogens (tertiary/aromatic N) is 2. The van der Waals surface area contributed by atoms with Crippen molar-refractivity contribution in [3.8, 4) is 0 Å². The van der Waals surface area contributed by atoms with Crippen molar-refractivity contribution in [2.24, 2.45) is 0 Å². The first-order valence-corrected chi connectivity index (χ1v) is 11.7. The van der Waals surface area contributed by atoms with Gasteiger partial charge in [0.25, 0.3) is 0 Å². The number of aromatic nitrogens is 3. The molecule has 0 spiro atoms. The molecule has 0 amide bonds. The monoisotopic (exact) mass is 333 g/mol. The topological polar surface area (TPSA) is 41.6 Å². The quantitative estimate of drug-likeness (QED) is 0.581. The summed E-state index contributed by atoms with van der Waals surface area (Å²) in [5, 5.41) is 0. The first kappa shape index (κ1) is 18.3. The lowest BCUT2D eigenvalue weighted by atomic mass is 10.4. The summed E-state index contributed by atoms with van der Waals surface area (Å²) in [7, 11) is 0. The SMILES string of the molecule is CCCCP(=Cc1nc2ncccc2[nH]1)(CCCC)CCCC. The number of hydrogen-bond acceptors (Lipinski definition) is 2. The van der Waals surface area contributed by atoms with Crippen molar-refractivity contribution < 1.29 is 0 Å². The maximum Gasteiger partial charge on any atom is 0.178 e. The Morgan fingerprint density at radius 2 is 1.61 bits per heavy atom. The van der Waals surface area contributed by atoms with E-state index in [2.05, 4.69) is 42.6 Å². The normalized spacial score (nSPS) is 12.0. The molecule has 2 rings (SSSR count). The molecule has 0 aliphatic carbocycles. The highest BCUT2D eigenvalue weighted by Crippen LogP contribution is 2.50. The third-order valence-electron chi connectivity index (χ3n) is 4.54. The summed E-state index contributed by atoms with van der Waals surface area (Å²) in [4.78, 5) is 12.6. The summed E-state index contributed by atoms with van der Waals surface area (Å²) < 4.78 is 0. The van der Waals surface area contributed by atoms with Gasteiger partial charge in [-0.1, -0.05) is 40.0 Å². The Bertz CT molecular complexity index is 583. The molecule has 0 aliphatic heterocycles. The number of fused-ring (bicyclic) bond motifs is 1. The predicted octanol–water partition coefficient (Wildman–Crippen LogP) is 5.53. The van der Waals surface area contributed by atoms with Gasteiger partial charge in [-0.25, -0.2) is 9.97 Å². The number of unbranched alkanes of at least 4 members (excludes halogenated alkanes) is 3. The maximum absolute atomic E-state index is 4.73. The number of hydrogen-bond donors (Lipinski definition) is 1. The Kier molecular flexibility index (Phi) is 7.36. The Balaban J connectivity index is 2.37. The summed E-state index contributed by atoms with van der Waals surface area (Å²) in [6, 6.07) is 4.04.